The van der Waals surface area contributed by atoms with E-state index in [4.69, 9.17) is 14.6 Å². The van der Waals surface area contributed by atoms with Crippen molar-refractivity contribution in [1.29, 1.82) is 0 Å². The van der Waals surface area contributed by atoms with Crippen LogP contribution in [0.2, 0.25) is 0 Å². The number of hydrogen-bond acceptors (Lipinski definition) is 6. The molecule has 1 atom stereocenters. The van der Waals surface area contributed by atoms with E-state index in [9.17, 15) is 14.7 Å². The smallest absolute Gasteiger partial charge is 0.335 e. The minimum Gasteiger partial charge on any atom is -0.508 e. The fourth-order valence-electron chi connectivity index (χ4n) is 1.63. The summed E-state index contributed by atoms with van der Waals surface area (Å²) in [5, 5.41) is 18.2. The van der Waals surface area contributed by atoms with Crippen molar-refractivity contribution >= 4 is 11.9 Å². The lowest BCUT2D eigenvalue weighted by atomic mass is 10.0. The van der Waals surface area contributed by atoms with Crippen molar-refractivity contribution in [2.24, 2.45) is 0 Å². The van der Waals surface area contributed by atoms with Crippen LogP contribution in [0, 0.1) is 0 Å². The molecule has 0 saturated heterocycles. The van der Waals surface area contributed by atoms with Gasteiger partial charge in [0, 0.05) is 5.57 Å². The summed E-state index contributed by atoms with van der Waals surface area (Å²) in [5.41, 5.74) is 0.924. The molecule has 0 aliphatic carbocycles. The number of aromatic hydroxyl groups is 1. The average Bonchev–Trinajstić information content (AvgIpc) is 2.54. The number of aliphatic hydroxyl groups excluding tert-OH is 1. The summed E-state index contributed by atoms with van der Waals surface area (Å²) in [4.78, 5) is 23.1. The maximum absolute atomic E-state index is 11.6. The Bertz CT molecular complexity index is 588. The lowest BCUT2D eigenvalue weighted by Crippen LogP contribution is -2.20. The van der Waals surface area contributed by atoms with E-state index in [1.807, 2.05) is 0 Å². The molecule has 0 aliphatic rings. The molecule has 2 N–H and O–H groups in total. The van der Waals surface area contributed by atoms with Gasteiger partial charge in [-0.3, -0.25) is 0 Å². The van der Waals surface area contributed by atoms with Gasteiger partial charge in [0.2, 0.25) is 0 Å². The first kappa shape index (κ1) is 18.4. The second-order valence-electron chi connectivity index (χ2n) is 5.03. The van der Waals surface area contributed by atoms with Crippen LogP contribution in [0.1, 0.15) is 18.4 Å². The maximum Gasteiger partial charge on any atom is 0.335 e. The number of esters is 2. The number of carbonyl (C=O) groups excluding carboxylic acids is 2. The number of carbonyl (C=O) groups is 2. The molecule has 0 spiro atoms. The summed E-state index contributed by atoms with van der Waals surface area (Å²) in [6, 6.07) is 6.25. The highest BCUT2D eigenvalue weighted by Crippen LogP contribution is 2.20. The van der Waals surface area contributed by atoms with E-state index in [1.54, 1.807) is 12.1 Å². The monoisotopic (exact) mass is 320 g/mol. The third kappa shape index (κ3) is 5.96. The van der Waals surface area contributed by atoms with Crippen LogP contribution in [0.3, 0.4) is 0 Å². The summed E-state index contributed by atoms with van der Waals surface area (Å²) in [6.07, 6.45) is 0. The van der Waals surface area contributed by atoms with Crippen LogP contribution in [0.25, 0.3) is 0 Å². The molecule has 6 nitrogen and oxygen atoms in total. The Morgan fingerprint density at radius 1 is 1.09 bits per heavy atom. The van der Waals surface area contributed by atoms with Crippen molar-refractivity contribution in [3.8, 4) is 5.75 Å². The average molecular weight is 320 g/mol. The molecule has 124 valence electrons. The van der Waals surface area contributed by atoms with Crippen molar-refractivity contribution in [3.63, 3.8) is 0 Å². The number of phenolic OH excluding ortho intramolecular Hbond substituents is 1. The number of ether oxygens (including phenoxy) is 2. The molecular formula is C17H20O6. The first-order valence-electron chi connectivity index (χ1n) is 6.92. The van der Waals surface area contributed by atoms with Crippen molar-refractivity contribution in [1.82, 2.24) is 0 Å². The van der Waals surface area contributed by atoms with E-state index in [-0.39, 0.29) is 30.1 Å². The van der Waals surface area contributed by atoms with Crippen molar-refractivity contribution in [2.75, 3.05) is 19.8 Å². The van der Waals surface area contributed by atoms with Crippen LogP contribution in [-0.4, -0.2) is 42.0 Å². The lowest BCUT2D eigenvalue weighted by molar-refractivity contribution is -0.142. The Labute approximate surface area is 134 Å². The van der Waals surface area contributed by atoms with Crippen LogP contribution in [0.5, 0.6) is 5.75 Å². The number of aliphatic hydroxyl groups is 1. The maximum atomic E-state index is 11.6. The molecule has 6 heteroatoms. The van der Waals surface area contributed by atoms with Gasteiger partial charge >= 0.3 is 11.9 Å². The second kappa shape index (κ2) is 8.75. The standard InChI is InChI=1S/C17H20O6/c1-11(2)16(20)22-9-14(10-23-17(21)12(3)8-18)13-4-6-15(19)7-5-13/h4-7,14,18-19H,1,3,8-10H2,2H3. The SMILES string of the molecule is C=C(C)C(=O)OCC(COC(=O)C(=C)CO)c1ccc(O)cc1. The number of benzene rings is 1. The third-order valence-electron chi connectivity index (χ3n) is 3.02. The minimum atomic E-state index is -0.720. The fourth-order valence-corrected chi connectivity index (χ4v) is 1.63. The Balaban J connectivity index is 2.77. The van der Waals surface area contributed by atoms with Crippen LogP contribution < -0.4 is 0 Å². The van der Waals surface area contributed by atoms with Crippen molar-refractivity contribution < 1.29 is 29.3 Å². The Morgan fingerprint density at radius 2 is 1.61 bits per heavy atom. The van der Waals surface area contributed by atoms with Crippen LogP contribution in [0.4, 0.5) is 0 Å². The van der Waals surface area contributed by atoms with Gasteiger partial charge in [0.15, 0.2) is 0 Å². The van der Waals surface area contributed by atoms with Gasteiger partial charge in [0.25, 0.3) is 0 Å². The summed E-state index contributed by atoms with van der Waals surface area (Å²) in [6.45, 7) is 7.83. The zero-order chi connectivity index (χ0) is 17.4. The van der Waals surface area contributed by atoms with Crippen LogP contribution in [-0.2, 0) is 19.1 Å². The Kier molecular flexibility index (Phi) is 7.02. The van der Waals surface area contributed by atoms with E-state index in [0.717, 1.165) is 5.56 Å². The molecule has 0 radical (unpaired) electrons. The van der Waals surface area contributed by atoms with Gasteiger partial charge in [-0.2, -0.15) is 0 Å². The molecule has 1 rings (SSSR count). The minimum absolute atomic E-state index is 0.0185. The van der Waals surface area contributed by atoms with Gasteiger partial charge in [0.1, 0.15) is 19.0 Å². The van der Waals surface area contributed by atoms with Gasteiger partial charge in [-0.25, -0.2) is 9.59 Å². The van der Waals surface area contributed by atoms with Gasteiger partial charge in [-0.15, -0.1) is 0 Å². The predicted molar refractivity (Wildman–Crippen MR) is 83.8 cm³/mol. The molecule has 0 aliphatic heterocycles. The first-order chi connectivity index (χ1) is 10.8. The summed E-state index contributed by atoms with van der Waals surface area (Å²) >= 11 is 0. The summed E-state index contributed by atoms with van der Waals surface area (Å²) in [5.74, 6) is -1.59. The zero-order valence-corrected chi connectivity index (χ0v) is 12.9. The largest absolute Gasteiger partial charge is 0.508 e. The molecule has 0 amide bonds. The fraction of sp³-hybridized carbons (Fsp3) is 0.294. The van der Waals surface area contributed by atoms with Gasteiger partial charge < -0.3 is 19.7 Å². The Hall–Kier alpha value is -2.60. The van der Waals surface area contributed by atoms with E-state index in [1.165, 1.54) is 19.1 Å². The molecule has 0 saturated carbocycles. The first-order valence-corrected chi connectivity index (χ1v) is 6.92. The molecule has 0 aromatic heterocycles. The van der Waals surface area contributed by atoms with Crippen molar-refractivity contribution in [3.05, 3.63) is 54.1 Å². The molecular weight excluding hydrogens is 300 g/mol. The van der Waals surface area contributed by atoms with Gasteiger partial charge in [-0.05, 0) is 24.6 Å². The van der Waals surface area contributed by atoms with Gasteiger partial charge in [0.05, 0.1) is 18.1 Å². The van der Waals surface area contributed by atoms with E-state index >= 15 is 0 Å². The number of phenols is 1. The Morgan fingerprint density at radius 3 is 2.09 bits per heavy atom. The van der Waals surface area contributed by atoms with Crippen molar-refractivity contribution in [2.45, 2.75) is 12.8 Å². The third-order valence-corrected chi connectivity index (χ3v) is 3.02. The zero-order valence-electron chi connectivity index (χ0n) is 12.9. The van der Waals surface area contributed by atoms with Gasteiger partial charge in [-0.1, -0.05) is 25.3 Å². The van der Waals surface area contributed by atoms with E-state index in [0.29, 0.717) is 0 Å². The molecule has 1 unspecified atom stereocenters. The highest BCUT2D eigenvalue weighted by molar-refractivity contribution is 5.88. The molecule has 0 heterocycles. The highest BCUT2D eigenvalue weighted by Gasteiger charge is 2.18. The van der Waals surface area contributed by atoms with E-state index < -0.39 is 24.5 Å². The quantitative estimate of drug-likeness (QED) is 0.559. The number of rotatable bonds is 8. The molecule has 1 aromatic carbocycles. The molecule has 0 bridgehead atoms. The molecule has 0 fully saturated rings. The van der Waals surface area contributed by atoms with Crippen LogP contribution in [0.15, 0.2) is 48.6 Å². The summed E-state index contributed by atoms with van der Waals surface area (Å²) < 4.78 is 10.2. The molecule has 23 heavy (non-hydrogen) atoms. The van der Waals surface area contributed by atoms with E-state index in [2.05, 4.69) is 13.2 Å². The normalized spacial score (nSPS) is 11.4. The highest BCUT2D eigenvalue weighted by atomic mass is 16.5. The topological polar surface area (TPSA) is 93.1 Å². The van der Waals surface area contributed by atoms with Crippen LogP contribution >= 0.6 is 0 Å². The lowest BCUT2D eigenvalue weighted by Gasteiger charge is -2.18. The molecule has 1 aromatic rings. The number of hydrogen-bond donors (Lipinski definition) is 2. The second-order valence-corrected chi connectivity index (χ2v) is 5.03. The predicted octanol–water partition coefficient (Wildman–Crippen LogP) is 1.69. The summed E-state index contributed by atoms with van der Waals surface area (Å²) in [7, 11) is 0.